The Morgan fingerprint density at radius 2 is 1.97 bits per heavy atom. The highest BCUT2D eigenvalue weighted by Gasteiger charge is 2.33. The van der Waals surface area contributed by atoms with E-state index in [0.717, 1.165) is 16.8 Å². The van der Waals surface area contributed by atoms with Crippen molar-refractivity contribution in [3.05, 3.63) is 64.6 Å². The molecular weight excluding hydrogens is 413 g/mol. The van der Waals surface area contributed by atoms with Crippen molar-refractivity contribution in [1.29, 1.82) is 0 Å². The lowest BCUT2D eigenvalue weighted by molar-refractivity contribution is -0.141. The van der Waals surface area contributed by atoms with Crippen molar-refractivity contribution in [1.82, 2.24) is 24.1 Å². The van der Waals surface area contributed by atoms with Crippen LogP contribution in [-0.2, 0) is 17.5 Å². The Morgan fingerprint density at radius 3 is 2.68 bits per heavy atom. The van der Waals surface area contributed by atoms with Gasteiger partial charge in [-0.1, -0.05) is 13.8 Å². The average Bonchev–Trinajstić information content (AvgIpc) is 3.16. The first kappa shape index (κ1) is 20.5. The molecule has 0 saturated carbocycles. The van der Waals surface area contributed by atoms with E-state index in [1.54, 1.807) is 49.0 Å². The number of halogens is 3. The number of anilines is 1. The largest absolute Gasteiger partial charge is 0.433 e. The van der Waals surface area contributed by atoms with Gasteiger partial charge in [0.25, 0.3) is 5.56 Å². The summed E-state index contributed by atoms with van der Waals surface area (Å²) in [6, 6.07) is 5.21. The lowest BCUT2D eigenvalue weighted by atomic mass is 10.1. The second kappa shape index (κ2) is 7.49. The van der Waals surface area contributed by atoms with Gasteiger partial charge in [0.1, 0.15) is 23.4 Å². The number of aromatic nitrogens is 5. The number of carbonyl (C=O) groups excluding carboxylic acids is 1. The molecule has 0 fully saturated rings. The Hall–Kier alpha value is -3.76. The van der Waals surface area contributed by atoms with Gasteiger partial charge >= 0.3 is 6.18 Å². The van der Waals surface area contributed by atoms with E-state index in [1.807, 2.05) is 0 Å². The van der Waals surface area contributed by atoms with Crippen molar-refractivity contribution in [2.24, 2.45) is 0 Å². The summed E-state index contributed by atoms with van der Waals surface area (Å²) in [5.74, 6) is -0.833. The third-order valence-electron chi connectivity index (χ3n) is 4.63. The summed E-state index contributed by atoms with van der Waals surface area (Å²) in [7, 11) is 0. The van der Waals surface area contributed by atoms with Crippen LogP contribution in [0.1, 0.15) is 31.2 Å². The van der Waals surface area contributed by atoms with E-state index >= 15 is 0 Å². The van der Waals surface area contributed by atoms with E-state index in [1.165, 1.54) is 0 Å². The molecule has 0 bridgehead atoms. The number of imidazole rings is 1. The number of amides is 1. The van der Waals surface area contributed by atoms with E-state index < -0.39 is 29.9 Å². The Morgan fingerprint density at radius 1 is 1.19 bits per heavy atom. The van der Waals surface area contributed by atoms with Crippen LogP contribution in [0.5, 0.6) is 0 Å². The fourth-order valence-corrected chi connectivity index (χ4v) is 3.17. The zero-order valence-corrected chi connectivity index (χ0v) is 16.5. The van der Waals surface area contributed by atoms with Crippen molar-refractivity contribution < 1.29 is 18.0 Å². The topological polar surface area (TPSA) is 94.2 Å². The molecule has 8 nitrogen and oxygen atoms in total. The third kappa shape index (κ3) is 3.98. The van der Waals surface area contributed by atoms with E-state index in [2.05, 4.69) is 20.4 Å². The lowest BCUT2D eigenvalue weighted by Crippen LogP contribution is -2.31. The molecule has 4 heterocycles. The van der Waals surface area contributed by atoms with Gasteiger partial charge in [-0.25, -0.2) is 14.6 Å². The van der Waals surface area contributed by atoms with Crippen LogP contribution >= 0.6 is 0 Å². The minimum atomic E-state index is -4.65. The highest BCUT2D eigenvalue weighted by Crippen LogP contribution is 2.30. The predicted octanol–water partition coefficient (Wildman–Crippen LogP) is 3.22. The molecular formula is C20H17F3N6O2. The Balaban J connectivity index is 1.68. The van der Waals surface area contributed by atoms with Gasteiger partial charge in [-0.05, 0) is 30.2 Å². The molecule has 0 unspecified atom stereocenters. The van der Waals surface area contributed by atoms with Gasteiger partial charge in [-0.2, -0.15) is 18.3 Å². The molecule has 0 aliphatic rings. The van der Waals surface area contributed by atoms with Gasteiger partial charge < -0.3 is 9.72 Å². The first-order valence-electron chi connectivity index (χ1n) is 9.35. The maximum Gasteiger partial charge on any atom is 0.433 e. The fourth-order valence-electron chi connectivity index (χ4n) is 3.17. The molecule has 11 heteroatoms. The summed E-state index contributed by atoms with van der Waals surface area (Å²) in [6.45, 7) is 3.04. The van der Waals surface area contributed by atoms with Crippen molar-refractivity contribution in [2.45, 2.75) is 32.5 Å². The maximum atomic E-state index is 13.1. The summed E-state index contributed by atoms with van der Waals surface area (Å²) in [5, 5.41) is 6.79. The number of nitrogens with zero attached hydrogens (tertiary/aromatic N) is 5. The van der Waals surface area contributed by atoms with Crippen LogP contribution in [0.4, 0.5) is 18.9 Å². The van der Waals surface area contributed by atoms with E-state index in [9.17, 15) is 22.8 Å². The minimum Gasteiger partial charge on any atom is -0.323 e. The molecule has 4 rings (SSSR count). The molecule has 0 aliphatic carbocycles. The second-order valence-corrected chi connectivity index (χ2v) is 7.25. The second-order valence-electron chi connectivity index (χ2n) is 7.25. The summed E-state index contributed by atoms with van der Waals surface area (Å²) in [6.07, 6.45) is 0.356. The summed E-state index contributed by atoms with van der Waals surface area (Å²) in [5.41, 5.74) is -0.512. The molecule has 31 heavy (non-hydrogen) atoms. The average molecular weight is 430 g/mol. The molecule has 1 amide bonds. The van der Waals surface area contributed by atoms with Gasteiger partial charge in [0.2, 0.25) is 5.91 Å². The number of fused-ring (bicyclic) bond motifs is 2. The van der Waals surface area contributed by atoms with Crippen molar-refractivity contribution in [3.63, 3.8) is 0 Å². The predicted molar refractivity (Wildman–Crippen MR) is 107 cm³/mol. The molecule has 0 spiro atoms. The van der Waals surface area contributed by atoms with Gasteiger partial charge in [-0.15, -0.1) is 0 Å². The number of hydrogen-bond donors (Lipinski definition) is 1. The number of nitrogens with one attached hydrogen (secondary N) is 1. The number of alkyl halides is 3. The number of pyridine rings is 2. The molecule has 4 aromatic heterocycles. The highest BCUT2D eigenvalue weighted by atomic mass is 19.4. The standard InChI is InChI=1S/C20H17F3N6O2/c1-11(2)17-18-13(4-5-14(26-18)20(21,22)23)19(31)29(27-17)10-16(30)25-12-3-6-15-24-7-8-28(15)9-12/h3-9,11H,10H2,1-2H3,(H,25,30). The smallest absolute Gasteiger partial charge is 0.323 e. The van der Waals surface area contributed by atoms with Crippen LogP contribution in [0, 0.1) is 0 Å². The Labute approximate surface area is 173 Å². The monoisotopic (exact) mass is 430 g/mol. The number of hydrogen-bond acceptors (Lipinski definition) is 5. The maximum absolute atomic E-state index is 13.1. The van der Waals surface area contributed by atoms with Crippen LogP contribution < -0.4 is 10.9 Å². The minimum absolute atomic E-state index is 0.0284. The SMILES string of the molecule is CC(C)c1nn(CC(=O)Nc2ccc3nccn3c2)c(=O)c2ccc(C(F)(F)F)nc12. The zero-order valence-electron chi connectivity index (χ0n) is 16.5. The Bertz CT molecular complexity index is 1360. The first-order valence-corrected chi connectivity index (χ1v) is 9.35. The molecule has 4 aromatic rings. The van der Waals surface area contributed by atoms with Crippen LogP contribution in [0.15, 0.2) is 47.7 Å². The van der Waals surface area contributed by atoms with Gasteiger partial charge in [0, 0.05) is 18.6 Å². The van der Waals surface area contributed by atoms with E-state index in [0.29, 0.717) is 11.3 Å². The van der Waals surface area contributed by atoms with Crippen molar-refractivity contribution in [2.75, 3.05) is 5.32 Å². The molecule has 0 aromatic carbocycles. The first-order chi connectivity index (χ1) is 14.6. The summed E-state index contributed by atoms with van der Waals surface area (Å²) < 4.78 is 41.8. The number of rotatable bonds is 4. The van der Waals surface area contributed by atoms with Gasteiger partial charge in [0.15, 0.2) is 0 Å². The molecule has 1 N–H and O–H groups in total. The Kier molecular flexibility index (Phi) is 4.96. The molecule has 0 atom stereocenters. The molecule has 0 aliphatic heterocycles. The lowest BCUT2D eigenvalue weighted by Gasteiger charge is -2.14. The zero-order chi connectivity index (χ0) is 22.3. The fraction of sp³-hybridized carbons (Fsp3) is 0.250. The third-order valence-corrected chi connectivity index (χ3v) is 4.63. The number of carbonyl (C=O) groups is 1. The molecule has 0 saturated heterocycles. The van der Waals surface area contributed by atoms with Crippen LogP contribution in [0.25, 0.3) is 16.6 Å². The highest BCUT2D eigenvalue weighted by molar-refractivity contribution is 5.90. The van der Waals surface area contributed by atoms with Crippen molar-refractivity contribution in [3.8, 4) is 0 Å². The van der Waals surface area contributed by atoms with Gasteiger partial charge in [-0.3, -0.25) is 9.59 Å². The molecule has 0 radical (unpaired) electrons. The van der Waals surface area contributed by atoms with Gasteiger partial charge in [0.05, 0.1) is 16.8 Å². The van der Waals surface area contributed by atoms with Crippen molar-refractivity contribution >= 4 is 28.1 Å². The van der Waals surface area contributed by atoms with Crippen LogP contribution in [-0.4, -0.2) is 30.1 Å². The summed E-state index contributed by atoms with van der Waals surface area (Å²) >= 11 is 0. The molecule has 160 valence electrons. The quantitative estimate of drug-likeness (QED) is 0.537. The van der Waals surface area contributed by atoms with E-state index in [-0.39, 0.29) is 22.5 Å². The normalized spacial score (nSPS) is 12.1. The van der Waals surface area contributed by atoms with E-state index in [4.69, 9.17) is 0 Å². The van der Waals surface area contributed by atoms with Crippen LogP contribution in [0.2, 0.25) is 0 Å². The summed E-state index contributed by atoms with van der Waals surface area (Å²) in [4.78, 5) is 33.0. The van der Waals surface area contributed by atoms with Crippen LogP contribution in [0.3, 0.4) is 0 Å².